The Kier molecular flexibility index (Phi) is 1.46. The van der Waals surface area contributed by atoms with Crippen LogP contribution < -0.4 is 0 Å². The lowest BCUT2D eigenvalue weighted by atomic mass is 10.0. The van der Waals surface area contributed by atoms with Gasteiger partial charge >= 0.3 is 0 Å². The first-order valence-corrected chi connectivity index (χ1v) is 4.06. The molecule has 2 nitrogen and oxygen atoms in total. The van der Waals surface area contributed by atoms with E-state index in [1.54, 1.807) is 0 Å². The van der Waals surface area contributed by atoms with Gasteiger partial charge in [0.25, 0.3) is 0 Å². The number of aliphatic hydroxyl groups excluding tert-OH is 1. The van der Waals surface area contributed by atoms with E-state index in [-0.39, 0.29) is 0 Å². The predicted molar refractivity (Wildman–Crippen MR) is 37.7 cm³/mol. The fourth-order valence-electron chi connectivity index (χ4n) is 2.10. The van der Waals surface area contributed by atoms with Crippen LogP contribution in [0.5, 0.6) is 0 Å². The largest absolute Gasteiger partial charge is 0.396 e. The van der Waals surface area contributed by atoms with E-state index in [0.717, 1.165) is 25.6 Å². The summed E-state index contributed by atoms with van der Waals surface area (Å²) in [6.07, 6.45) is 3.52. The van der Waals surface area contributed by atoms with E-state index in [4.69, 9.17) is 9.84 Å². The van der Waals surface area contributed by atoms with Gasteiger partial charge in [-0.1, -0.05) is 0 Å². The summed E-state index contributed by atoms with van der Waals surface area (Å²) in [4.78, 5) is 0. The highest BCUT2D eigenvalue weighted by Gasteiger charge is 2.55. The highest BCUT2D eigenvalue weighted by Crippen LogP contribution is 2.59. The van der Waals surface area contributed by atoms with Crippen LogP contribution in [0.2, 0.25) is 0 Å². The third kappa shape index (κ3) is 0.867. The molecule has 1 aliphatic heterocycles. The molecule has 2 heteroatoms. The number of rotatable bonds is 2. The lowest BCUT2D eigenvalue weighted by Gasteiger charge is -2.03. The molecule has 2 unspecified atom stereocenters. The van der Waals surface area contributed by atoms with E-state index in [1.165, 1.54) is 12.8 Å². The minimum absolute atomic E-state index is 0.354. The average molecular weight is 142 g/mol. The third-order valence-corrected chi connectivity index (χ3v) is 2.97. The molecule has 0 radical (unpaired) electrons. The Hall–Kier alpha value is -0.0800. The van der Waals surface area contributed by atoms with Crippen molar-refractivity contribution in [3.05, 3.63) is 0 Å². The summed E-state index contributed by atoms with van der Waals surface area (Å²) in [6.45, 7) is 2.26. The molecule has 2 atom stereocenters. The number of hydrogen-bond acceptors (Lipinski definition) is 2. The van der Waals surface area contributed by atoms with Gasteiger partial charge in [-0.05, 0) is 30.6 Å². The second kappa shape index (κ2) is 2.21. The highest BCUT2D eigenvalue weighted by atomic mass is 16.5. The third-order valence-electron chi connectivity index (χ3n) is 2.97. The van der Waals surface area contributed by atoms with Gasteiger partial charge in [-0.3, -0.25) is 0 Å². The zero-order valence-corrected chi connectivity index (χ0v) is 6.18. The quantitative estimate of drug-likeness (QED) is 0.617. The SMILES string of the molecule is OCCC1CC12CCOC2. The van der Waals surface area contributed by atoms with Crippen LogP contribution in [0.15, 0.2) is 0 Å². The lowest BCUT2D eigenvalue weighted by Crippen LogP contribution is -2.03. The minimum atomic E-state index is 0.354. The van der Waals surface area contributed by atoms with Gasteiger partial charge in [0, 0.05) is 13.2 Å². The van der Waals surface area contributed by atoms with E-state index in [2.05, 4.69) is 0 Å². The monoisotopic (exact) mass is 142 g/mol. The van der Waals surface area contributed by atoms with Crippen molar-refractivity contribution in [1.29, 1.82) is 0 Å². The fraction of sp³-hybridized carbons (Fsp3) is 1.00. The van der Waals surface area contributed by atoms with E-state index in [1.807, 2.05) is 0 Å². The first-order chi connectivity index (χ1) is 4.87. The molecule has 10 heavy (non-hydrogen) atoms. The molecular weight excluding hydrogens is 128 g/mol. The summed E-state index contributed by atoms with van der Waals surface area (Å²) < 4.78 is 5.32. The van der Waals surface area contributed by atoms with Crippen LogP contribution in [0.3, 0.4) is 0 Å². The molecule has 0 aromatic carbocycles. The lowest BCUT2D eigenvalue weighted by molar-refractivity contribution is 0.176. The van der Waals surface area contributed by atoms with Crippen LogP contribution in [-0.4, -0.2) is 24.9 Å². The molecular formula is C8H14O2. The molecule has 1 aliphatic carbocycles. The molecule has 0 bridgehead atoms. The van der Waals surface area contributed by atoms with Gasteiger partial charge in [0.15, 0.2) is 0 Å². The Morgan fingerprint density at radius 2 is 2.50 bits per heavy atom. The Morgan fingerprint density at radius 3 is 3.10 bits per heavy atom. The molecule has 1 saturated carbocycles. The molecule has 1 spiro atoms. The minimum Gasteiger partial charge on any atom is -0.396 e. The Morgan fingerprint density at radius 1 is 1.60 bits per heavy atom. The van der Waals surface area contributed by atoms with E-state index < -0.39 is 0 Å². The van der Waals surface area contributed by atoms with Crippen molar-refractivity contribution in [2.45, 2.75) is 19.3 Å². The van der Waals surface area contributed by atoms with Crippen molar-refractivity contribution < 1.29 is 9.84 Å². The number of aliphatic hydroxyl groups is 1. The smallest absolute Gasteiger partial charge is 0.0526 e. The molecule has 0 amide bonds. The zero-order chi connectivity index (χ0) is 7.03. The van der Waals surface area contributed by atoms with Crippen LogP contribution in [0.4, 0.5) is 0 Å². The zero-order valence-electron chi connectivity index (χ0n) is 6.18. The first-order valence-electron chi connectivity index (χ1n) is 4.06. The summed E-state index contributed by atoms with van der Waals surface area (Å²) in [7, 11) is 0. The van der Waals surface area contributed by atoms with Crippen molar-refractivity contribution in [2.75, 3.05) is 19.8 Å². The van der Waals surface area contributed by atoms with Crippen LogP contribution in [0, 0.1) is 11.3 Å². The number of hydrogen-bond donors (Lipinski definition) is 1. The molecule has 1 N–H and O–H groups in total. The van der Waals surface area contributed by atoms with Crippen LogP contribution in [-0.2, 0) is 4.74 Å². The van der Waals surface area contributed by atoms with Crippen molar-refractivity contribution in [3.63, 3.8) is 0 Å². The van der Waals surface area contributed by atoms with Gasteiger partial charge in [-0.15, -0.1) is 0 Å². The average Bonchev–Trinajstić information content (AvgIpc) is 2.43. The predicted octanol–water partition coefficient (Wildman–Crippen LogP) is 0.795. The van der Waals surface area contributed by atoms with Crippen LogP contribution in [0.25, 0.3) is 0 Å². The van der Waals surface area contributed by atoms with E-state index in [0.29, 0.717) is 12.0 Å². The highest BCUT2D eigenvalue weighted by molar-refractivity contribution is 5.03. The summed E-state index contributed by atoms with van der Waals surface area (Å²) in [5.41, 5.74) is 0.530. The van der Waals surface area contributed by atoms with Crippen LogP contribution in [0.1, 0.15) is 19.3 Å². The topological polar surface area (TPSA) is 29.5 Å². The molecule has 1 heterocycles. The molecule has 1 saturated heterocycles. The van der Waals surface area contributed by atoms with Crippen LogP contribution >= 0.6 is 0 Å². The van der Waals surface area contributed by atoms with Gasteiger partial charge in [-0.25, -0.2) is 0 Å². The van der Waals surface area contributed by atoms with Gasteiger partial charge in [-0.2, -0.15) is 0 Å². The standard InChI is InChI=1S/C8H14O2/c9-3-1-7-5-8(7)2-4-10-6-8/h7,9H,1-6H2. The Labute approximate surface area is 61.2 Å². The van der Waals surface area contributed by atoms with E-state index in [9.17, 15) is 0 Å². The van der Waals surface area contributed by atoms with Crippen molar-refractivity contribution in [3.8, 4) is 0 Å². The maximum atomic E-state index is 8.68. The second-order valence-electron chi connectivity index (χ2n) is 3.58. The maximum Gasteiger partial charge on any atom is 0.0526 e. The van der Waals surface area contributed by atoms with Gasteiger partial charge in [0.2, 0.25) is 0 Å². The normalized spacial score (nSPS) is 44.7. The molecule has 0 aromatic rings. The summed E-state index contributed by atoms with van der Waals surface area (Å²) in [6, 6.07) is 0. The van der Waals surface area contributed by atoms with Crippen molar-refractivity contribution in [1.82, 2.24) is 0 Å². The number of ether oxygens (including phenoxy) is 1. The fourth-order valence-corrected chi connectivity index (χ4v) is 2.10. The summed E-state index contributed by atoms with van der Waals surface area (Å²) in [5, 5.41) is 8.68. The molecule has 2 fully saturated rings. The van der Waals surface area contributed by atoms with Gasteiger partial charge in [0.05, 0.1) is 6.61 Å². The first kappa shape index (κ1) is 6.62. The second-order valence-corrected chi connectivity index (χ2v) is 3.58. The van der Waals surface area contributed by atoms with Gasteiger partial charge in [0.1, 0.15) is 0 Å². The summed E-state index contributed by atoms with van der Waals surface area (Å²) >= 11 is 0. The summed E-state index contributed by atoms with van der Waals surface area (Å²) in [5.74, 6) is 0.778. The van der Waals surface area contributed by atoms with Crippen molar-refractivity contribution >= 4 is 0 Å². The molecule has 58 valence electrons. The molecule has 0 aromatic heterocycles. The molecule has 2 rings (SSSR count). The van der Waals surface area contributed by atoms with E-state index >= 15 is 0 Å². The van der Waals surface area contributed by atoms with Gasteiger partial charge < -0.3 is 9.84 Å². The van der Waals surface area contributed by atoms with Crippen molar-refractivity contribution in [2.24, 2.45) is 11.3 Å². The Bertz CT molecular complexity index is 127. The maximum absolute atomic E-state index is 8.68. The molecule has 2 aliphatic rings. The Balaban J connectivity index is 1.86.